The lowest BCUT2D eigenvalue weighted by atomic mass is 10.0. The van der Waals surface area contributed by atoms with Crippen molar-refractivity contribution in [1.29, 1.82) is 0 Å². The first kappa shape index (κ1) is 14.6. The number of nitrogens with one attached hydrogen (secondary N) is 1. The van der Waals surface area contributed by atoms with Crippen LogP contribution >= 0.6 is 0 Å². The van der Waals surface area contributed by atoms with Crippen molar-refractivity contribution in [3.05, 3.63) is 22.5 Å². The van der Waals surface area contributed by atoms with Crippen molar-refractivity contribution in [2.24, 2.45) is 0 Å². The zero-order valence-corrected chi connectivity index (χ0v) is 10.5. The summed E-state index contributed by atoms with van der Waals surface area (Å²) in [5.74, 6) is -1.50. The zero-order chi connectivity index (χ0) is 14.6. The van der Waals surface area contributed by atoms with E-state index in [0.717, 1.165) is 17.1 Å². The van der Waals surface area contributed by atoms with Crippen LogP contribution in [0.4, 0.5) is 5.69 Å². The minimum absolute atomic E-state index is 0.211. The summed E-state index contributed by atoms with van der Waals surface area (Å²) in [6, 6.07) is 0. The third-order valence-electron chi connectivity index (χ3n) is 2.21. The van der Waals surface area contributed by atoms with E-state index in [9.17, 15) is 19.7 Å². The molecule has 0 fully saturated rings. The molecule has 0 saturated carbocycles. The van der Waals surface area contributed by atoms with E-state index in [4.69, 9.17) is 5.11 Å². The number of carbonyl (C=O) groups is 2. The van der Waals surface area contributed by atoms with Crippen molar-refractivity contribution >= 4 is 17.6 Å². The Balaban J connectivity index is 2.59. The summed E-state index contributed by atoms with van der Waals surface area (Å²) in [6.07, 6.45) is 1.94. The lowest BCUT2D eigenvalue weighted by molar-refractivity contribution is -0.385. The van der Waals surface area contributed by atoms with E-state index >= 15 is 0 Å². The van der Waals surface area contributed by atoms with Gasteiger partial charge in [0.1, 0.15) is 18.9 Å². The van der Waals surface area contributed by atoms with Crippen LogP contribution in [-0.2, 0) is 16.1 Å². The Hall–Kier alpha value is -2.45. The van der Waals surface area contributed by atoms with E-state index in [1.165, 1.54) is 0 Å². The van der Waals surface area contributed by atoms with E-state index in [2.05, 4.69) is 10.4 Å². The third-order valence-corrected chi connectivity index (χ3v) is 2.21. The highest BCUT2D eigenvalue weighted by Gasteiger charge is 2.24. The van der Waals surface area contributed by atoms with Crippen LogP contribution in [0.1, 0.15) is 20.3 Å². The number of nitrogens with zero attached hydrogens (tertiary/aromatic N) is 3. The molecule has 1 aromatic rings. The molecule has 1 heterocycles. The lowest BCUT2D eigenvalue weighted by Crippen LogP contribution is -2.46. The van der Waals surface area contributed by atoms with Gasteiger partial charge >= 0.3 is 11.7 Å². The first-order valence-corrected chi connectivity index (χ1v) is 5.39. The summed E-state index contributed by atoms with van der Waals surface area (Å²) < 4.78 is 1.12. The van der Waals surface area contributed by atoms with E-state index < -0.39 is 22.3 Å². The molecule has 0 aliphatic heterocycles. The van der Waals surface area contributed by atoms with Crippen molar-refractivity contribution in [3.8, 4) is 0 Å². The van der Waals surface area contributed by atoms with Gasteiger partial charge in [0, 0.05) is 5.54 Å². The van der Waals surface area contributed by atoms with Crippen LogP contribution in [0.25, 0.3) is 0 Å². The van der Waals surface area contributed by atoms with E-state index in [-0.39, 0.29) is 18.7 Å². The van der Waals surface area contributed by atoms with Gasteiger partial charge in [-0.1, -0.05) is 0 Å². The molecule has 9 nitrogen and oxygen atoms in total. The molecule has 0 aliphatic rings. The molecule has 0 unspecified atom stereocenters. The van der Waals surface area contributed by atoms with Gasteiger partial charge in [-0.2, -0.15) is 5.10 Å². The van der Waals surface area contributed by atoms with Gasteiger partial charge in [-0.05, 0) is 13.8 Å². The minimum Gasteiger partial charge on any atom is -0.481 e. The predicted octanol–water partition coefficient (Wildman–Crippen LogP) is 0.161. The fourth-order valence-electron chi connectivity index (χ4n) is 1.52. The lowest BCUT2D eigenvalue weighted by Gasteiger charge is -2.24. The smallest absolute Gasteiger partial charge is 0.307 e. The Labute approximate surface area is 108 Å². The van der Waals surface area contributed by atoms with Gasteiger partial charge in [-0.3, -0.25) is 24.4 Å². The van der Waals surface area contributed by atoms with Gasteiger partial charge in [0.25, 0.3) is 0 Å². The second kappa shape index (κ2) is 5.46. The van der Waals surface area contributed by atoms with Crippen molar-refractivity contribution < 1.29 is 19.6 Å². The maximum absolute atomic E-state index is 11.7. The van der Waals surface area contributed by atoms with Crippen LogP contribution < -0.4 is 5.32 Å². The molecule has 0 bridgehead atoms. The van der Waals surface area contributed by atoms with Gasteiger partial charge in [-0.15, -0.1) is 0 Å². The maximum Gasteiger partial charge on any atom is 0.307 e. The molecular weight excluding hydrogens is 256 g/mol. The van der Waals surface area contributed by atoms with Crippen LogP contribution in [0.5, 0.6) is 0 Å². The quantitative estimate of drug-likeness (QED) is 0.560. The fraction of sp³-hybridized carbons (Fsp3) is 0.500. The number of amides is 1. The normalized spacial score (nSPS) is 11.1. The number of carboxylic acids is 1. The third kappa shape index (κ3) is 4.74. The predicted molar refractivity (Wildman–Crippen MR) is 63.4 cm³/mol. The molecule has 1 amide bonds. The topological polar surface area (TPSA) is 127 Å². The van der Waals surface area contributed by atoms with Gasteiger partial charge < -0.3 is 10.4 Å². The molecule has 0 spiro atoms. The molecule has 0 radical (unpaired) electrons. The Morgan fingerprint density at radius 1 is 1.58 bits per heavy atom. The standard InChI is InChI=1S/C10H14N4O5/c1-10(2,3-9(16)17)12-8(15)6-13-5-7(4-11-13)14(18)19/h4-5H,3,6H2,1-2H3,(H,12,15)(H,16,17). The summed E-state index contributed by atoms with van der Waals surface area (Å²) >= 11 is 0. The molecule has 1 rings (SSSR count). The molecule has 0 saturated heterocycles. The molecule has 0 aromatic carbocycles. The van der Waals surface area contributed by atoms with Crippen LogP contribution in [-0.4, -0.2) is 37.2 Å². The van der Waals surface area contributed by atoms with Gasteiger partial charge in [0.2, 0.25) is 5.91 Å². The Morgan fingerprint density at radius 3 is 2.68 bits per heavy atom. The van der Waals surface area contributed by atoms with Crippen LogP contribution in [0.3, 0.4) is 0 Å². The summed E-state index contributed by atoms with van der Waals surface area (Å²) in [5.41, 5.74) is -1.11. The molecule has 9 heteroatoms. The minimum atomic E-state index is -1.03. The van der Waals surface area contributed by atoms with Gasteiger partial charge in [-0.25, -0.2) is 0 Å². The monoisotopic (exact) mass is 270 g/mol. The molecule has 0 aliphatic carbocycles. The summed E-state index contributed by atoms with van der Waals surface area (Å²) in [7, 11) is 0. The Morgan fingerprint density at radius 2 is 2.21 bits per heavy atom. The number of nitro groups is 1. The largest absolute Gasteiger partial charge is 0.481 e. The van der Waals surface area contributed by atoms with Crippen LogP contribution in [0.2, 0.25) is 0 Å². The van der Waals surface area contributed by atoms with E-state index in [1.807, 2.05) is 0 Å². The first-order chi connectivity index (χ1) is 8.69. The number of hydrogen-bond donors (Lipinski definition) is 2. The number of aromatic nitrogens is 2. The summed E-state index contributed by atoms with van der Waals surface area (Å²) in [6.45, 7) is 2.94. The van der Waals surface area contributed by atoms with Crippen molar-refractivity contribution in [3.63, 3.8) is 0 Å². The second-order valence-corrected chi connectivity index (χ2v) is 4.66. The number of carboxylic acid groups (broad SMARTS) is 1. The second-order valence-electron chi connectivity index (χ2n) is 4.66. The van der Waals surface area contributed by atoms with Crippen molar-refractivity contribution in [2.45, 2.75) is 32.4 Å². The molecular formula is C10H14N4O5. The number of aliphatic carboxylic acids is 1. The summed E-state index contributed by atoms with van der Waals surface area (Å²) in [4.78, 5) is 32.1. The average molecular weight is 270 g/mol. The Bertz CT molecular complexity index is 508. The fourth-order valence-corrected chi connectivity index (χ4v) is 1.52. The van der Waals surface area contributed by atoms with E-state index in [1.54, 1.807) is 13.8 Å². The number of carbonyl (C=O) groups excluding carboxylic acids is 1. The highest BCUT2D eigenvalue weighted by Crippen LogP contribution is 2.09. The highest BCUT2D eigenvalue weighted by atomic mass is 16.6. The molecule has 104 valence electrons. The maximum atomic E-state index is 11.7. The average Bonchev–Trinajstić information content (AvgIpc) is 2.62. The first-order valence-electron chi connectivity index (χ1n) is 5.39. The molecule has 1 aromatic heterocycles. The highest BCUT2D eigenvalue weighted by molar-refractivity contribution is 5.78. The molecule has 0 atom stereocenters. The number of rotatable bonds is 6. The van der Waals surface area contributed by atoms with E-state index in [0.29, 0.717) is 0 Å². The molecule has 2 N–H and O–H groups in total. The van der Waals surface area contributed by atoms with Crippen molar-refractivity contribution in [2.75, 3.05) is 0 Å². The van der Waals surface area contributed by atoms with Crippen molar-refractivity contribution in [1.82, 2.24) is 15.1 Å². The molecule has 19 heavy (non-hydrogen) atoms. The SMILES string of the molecule is CC(C)(CC(=O)O)NC(=O)Cn1cc([N+](=O)[O-])cn1. The van der Waals surface area contributed by atoms with Crippen LogP contribution in [0, 0.1) is 10.1 Å². The van der Waals surface area contributed by atoms with Gasteiger partial charge in [0.05, 0.1) is 11.3 Å². The number of hydrogen-bond acceptors (Lipinski definition) is 5. The van der Waals surface area contributed by atoms with Crippen LogP contribution in [0.15, 0.2) is 12.4 Å². The Kier molecular flexibility index (Phi) is 4.20. The summed E-state index contributed by atoms with van der Waals surface area (Å²) in [5, 5.41) is 25.3. The van der Waals surface area contributed by atoms with Gasteiger partial charge in [0.15, 0.2) is 0 Å². The zero-order valence-electron chi connectivity index (χ0n) is 10.5.